The molecule has 136 valence electrons. The summed E-state index contributed by atoms with van der Waals surface area (Å²) in [4.78, 5) is 24.4. The predicted octanol–water partition coefficient (Wildman–Crippen LogP) is 1.84. The minimum absolute atomic E-state index is 0.0379. The zero-order valence-electron chi connectivity index (χ0n) is 14.6. The number of benzene rings is 2. The third-order valence-corrected chi connectivity index (χ3v) is 4.36. The van der Waals surface area contributed by atoms with Crippen LogP contribution in [0, 0.1) is 0 Å². The molecule has 26 heavy (non-hydrogen) atoms. The lowest BCUT2D eigenvalue weighted by atomic mass is 10.0. The summed E-state index contributed by atoms with van der Waals surface area (Å²) in [6.07, 6.45) is -0.273. The molecule has 0 aromatic heterocycles. The van der Waals surface area contributed by atoms with Crippen molar-refractivity contribution in [2.24, 2.45) is 0 Å². The van der Waals surface area contributed by atoms with E-state index >= 15 is 0 Å². The summed E-state index contributed by atoms with van der Waals surface area (Å²) in [6, 6.07) is 19.0. The minimum atomic E-state index is -0.844. The van der Waals surface area contributed by atoms with E-state index in [1.165, 1.54) is 0 Å². The Balaban J connectivity index is 1.46. The normalized spacial score (nSPS) is 20.3. The summed E-state index contributed by atoms with van der Waals surface area (Å²) in [6.45, 7) is 1.98. The summed E-state index contributed by atoms with van der Waals surface area (Å²) < 4.78 is 5.32. The topological polar surface area (TPSA) is 79.5 Å². The Morgan fingerprint density at radius 1 is 1.08 bits per heavy atom. The van der Waals surface area contributed by atoms with Crippen molar-refractivity contribution in [3.63, 3.8) is 0 Å². The molecular weight excluding hydrogens is 330 g/mol. The van der Waals surface area contributed by atoms with Gasteiger partial charge in [-0.05, 0) is 24.5 Å². The Morgan fingerprint density at radius 3 is 2.42 bits per heavy atom. The van der Waals surface area contributed by atoms with Gasteiger partial charge in [-0.15, -0.1) is 0 Å². The number of ether oxygens (including phenoxy) is 1. The van der Waals surface area contributed by atoms with Gasteiger partial charge in [0, 0.05) is 12.6 Å². The minimum Gasteiger partial charge on any atom is -0.451 e. The van der Waals surface area contributed by atoms with Crippen LogP contribution < -0.4 is 16.2 Å². The molecule has 1 saturated heterocycles. The summed E-state index contributed by atoms with van der Waals surface area (Å²) in [7, 11) is 0. The van der Waals surface area contributed by atoms with Gasteiger partial charge in [0.05, 0.1) is 0 Å². The smallest absolute Gasteiger partial charge is 0.325 e. The molecule has 0 aliphatic carbocycles. The predicted molar refractivity (Wildman–Crippen MR) is 97.7 cm³/mol. The van der Waals surface area contributed by atoms with Crippen molar-refractivity contribution < 1.29 is 14.3 Å². The van der Waals surface area contributed by atoms with Gasteiger partial charge in [-0.3, -0.25) is 9.59 Å². The number of amides is 1. The van der Waals surface area contributed by atoms with Crippen molar-refractivity contribution >= 4 is 11.9 Å². The zero-order chi connectivity index (χ0) is 18.4. The molecule has 2 aromatic carbocycles. The van der Waals surface area contributed by atoms with Crippen LogP contribution in [0.15, 0.2) is 60.7 Å². The molecule has 1 heterocycles. The van der Waals surface area contributed by atoms with Crippen molar-refractivity contribution in [3.05, 3.63) is 71.8 Å². The number of carbonyl (C=O) groups is 2. The number of hydrogen-bond donors (Lipinski definition) is 3. The largest absolute Gasteiger partial charge is 0.451 e. The molecule has 1 aliphatic rings. The highest BCUT2D eigenvalue weighted by atomic mass is 16.5. The molecule has 1 amide bonds. The lowest BCUT2D eigenvalue weighted by Gasteiger charge is -2.16. The lowest BCUT2D eigenvalue weighted by molar-refractivity contribution is -0.156. The van der Waals surface area contributed by atoms with E-state index in [1.54, 1.807) is 6.92 Å². The van der Waals surface area contributed by atoms with Crippen LogP contribution in [0.2, 0.25) is 0 Å². The van der Waals surface area contributed by atoms with Gasteiger partial charge in [0.2, 0.25) is 0 Å². The second-order valence-corrected chi connectivity index (χ2v) is 6.32. The molecule has 3 rings (SSSR count). The van der Waals surface area contributed by atoms with Crippen LogP contribution in [0.25, 0.3) is 0 Å². The van der Waals surface area contributed by atoms with Gasteiger partial charge in [-0.1, -0.05) is 60.7 Å². The Labute approximate surface area is 152 Å². The molecular formula is C20H23N3O3. The van der Waals surface area contributed by atoms with E-state index in [0.29, 0.717) is 13.0 Å². The monoisotopic (exact) mass is 353 g/mol. The summed E-state index contributed by atoms with van der Waals surface area (Å²) in [5.74, 6) is -0.744. The van der Waals surface area contributed by atoms with Crippen LogP contribution in [0.5, 0.6) is 0 Å². The number of esters is 1. The van der Waals surface area contributed by atoms with E-state index in [0.717, 1.165) is 11.1 Å². The molecule has 1 fully saturated rings. The average Bonchev–Trinajstić information content (AvgIpc) is 3.18. The average molecular weight is 353 g/mol. The highest BCUT2D eigenvalue weighted by Gasteiger charge is 2.32. The fourth-order valence-electron chi connectivity index (χ4n) is 2.85. The summed E-state index contributed by atoms with van der Waals surface area (Å²) >= 11 is 0. The second kappa shape index (κ2) is 8.60. The standard InChI is InChI=1S/C20H23N3O3/c1-14(19(24)21-13-15-8-4-2-5-9-15)26-20(25)18-12-17(22-23-18)16-10-6-3-7-11-16/h2-11,14,17-18,22-23H,12-13H2,1H3,(H,21,24). The van der Waals surface area contributed by atoms with Gasteiger partial charge < -0.3 is 10.1 Å². The van der Waals surface area contributed by atoms with E-state index in [9.17, 15) is 9.59 Å². The van der Waals surface area contributed by atoms with Crippen molar-refractivity contribution in [2.75, 3.05) is 0 Å². The fourth-order valence-corrected chi connectivity index (χ4v) is 2.85. The van der Waals surface area contributed by atoms with Crippen LogP contribution in [0.4, 0.5) is 0 Å². The molecule has 0 spiro atoms. The molecule has 1 aliphatic heterocycles. The highest BCUT2D eigenvalue weighted by Crippen LogP contribution is 2.22. The van der Waals surface area contributed by atoms with Gasteiger partial charge >= 0.3 is 5.97 Å². The molecule has 0 radical (unpaired) electrons. The third-order valence-electron chi connectivity index (χ3n) is 4.36. The quantitative estimate of drug-likeness (QED) is 0.691. The van der Waals surface area contributed by atoms with Crippen molar-refractivity contribution in [1.29, 1.82) is 0 Å². The van der Waals surface area contributed by atoms with Gasteiger partial charge in [0.25, 0.3) is 5.91 Å². The number of nitrogens with one attached hydrogen (secondary N) is 3. The van der Waals surface area contributed by atoms with Gasteiger partial charge in [-0.2, -0.15) is 0 Å². The first-order valence-corrected chi connectivity index (χ1v) is 8.71. The number of rotatable bonds is 6. The number of hydrogen-bond acceptors (Lipinski definition) is 5. The molecule has 2 aromatic rings. The molecule has 3 N–H and O–H groups in total. The first-order chi connectivity index (χ1) is 12.6. The zero-order valence-corrected chi connectivity index (χ0v) is 14.6. The van der Waals surface area contributed by atoms with E-state index in [-0.39, 0.29) is 11.9 Å². The molecule has 3 atom stereocenters. The SMILES string of the molecule is CC(OC(=O)C1CC(c2ccccc2)NN1)C(=O)NCc1ccccc1. The van der Waals surface area contributed by atoms with Crippen LogP contribution >= 0.6 is 0 Å². The molecule has 6 heteroatoms. The third kappa shape index (κ3) is 4.68. The van der Waals surface area contributed by atoms with Crippen LogP contribution in [0.1, 0.15) is 30.5 Å². The molecule has 3 unspecified atom stereocenters. The summed E-state index contributed by atoms with van der Waals surface area (Å²) in [5.41, 5.74) is 8.15. The number of hydrazine groups is 1. The van der Waals surface area contributed by atoms with Gasteiger partial charge in [0.15, 0.2) is 6.10 Å². The first-order valence-electron chi connectivity index (χ1n) is 8.71. The van der Waals surface area contributed by atoms with Crippen LogP contribution in [0.3, 0.4) is 0 Å². The van der Waals surface area contributed by atoms with Crippen molar-refractivity contribution in [3.8, 4) is 0 Å². The van der Waals surface area contributed by atoms with E-state index < -0.39 is 18.1 Å². The first kappa shape index (κ1) is 18.1. The molecule has 0 saturated carbocycles. The van der Waals surface area contributed by atoms with E-state index in [4.69, 9.17) is 4.74 Å². The Bertz CT molecular complexity index is 736. The second-order valence-electron chi connectivity index (χ2n) is 6.32. The fraction of sp³-hybridized carbons (Fsp3) is 0.300. The summed E-state index contributed by atoms with van der Waals surface area (Å²) in [5, 5.41) is 2.78. The maximum Gasteiger partial charge on any atom is 0.325 e. The van der Waals surface area contributed by atoms with E-state index in [2.05, 4.69) is 16.2 Å². The maximum absolute atomic E-state index is 12.3. The van der Waals surface area contributed by atoms with Crippen LogP contribution in [-0.2, 0) is 20.9 Å². The van der Waals surface area contributed by atoms with Crippen molar-refractivity contribution in [1.82, 2.24) is 16.2 Å². The maximum atomic E-state index is 12.3. The Hall–Kier alpha value is -2.70. The Morgan fingerprint density at radius 2 is 1.73 bits per heavy atom. The van der Waals surface area contributed by atoms with E-state index in [1.807, 2.05) is 60.7 Å². The van der Waals surface area contributed by atoms with Crippen LogP contribution in [-0.4, -0.2) is 24.0 Å². The lowest BCUT2D eigenvalue weighted by Crippen LogP contribution is -2.42. The highest BCUT2D eigenvalue weighted by molar-refractivity contribution is 5.84. The molecule has 6 nitrogen and oxygen atoms in total. The van der Waals surface area contributed by atoms with Crippen molar-refractivity contribution in [2.45, 2.75) is 38.1 Å². The Kier molecular flexibility index (Phi) is 5.99. The number of carbonyl (C=O) groups excluding carboxylic acids is 2. The van der Waals surface area contributed by atoms with Gasteiger partial charge in [-0.25, -0.2) is 10.9 Å². The van der Waals surface area contributed by atoms with Gasteiger partial charge in [0.1, 0.15) is 6.04 Å². The molecule has 0 bridgehead atoms.